The van der Waals surface area contributed by atoms with Gasteiger partial charge >= 0.3 is 0 Å². The maximum atomic E-state index is 12.4. The van der Waals surface area contributed by atoms with Gasteiger partial charge in [-0.3, -0.25) is 9.69 Å². The van der Waals surface area contributed by atoms with Crippen molar-refractivity contribution in [3.63, 3.8) is 0 Å². The normalized spacial score (nSPS) is 21.8. The van der Waals surface area contributed by atoms with E-state index in [-0.39, 0.29) is 11.9 Å². The molecule has 0 saturated carbocycles. The Balaban J connectivity index is 1.49. The van der Waals surface area contributed by atoms with Crippen LogP contribution in [0.5, 0.6) is 0 Å². The average molecular weight is 325 g/mol. The fourth-order valence-corrected chi connectivity index (χ4v) is 3.76. The summed E-state index contributed by atoms with van der Waals surface area (Å²) in [4.78, 5) is 16.6. The average Bonchev–Trinajstić information content (AvgIpc) is 3.00. The Kier molecular flexibility index (Phi) is 4.06. The lowest BCUT2D eigenvalue weighted by atomic mass is 10.0. The zero-order valence-corrected chi connectivity index (χ0v) is 14.1. The van der Waals surface area contributed by atoms with Crippen LogP contribution in [0.15, 0.2) is 30.3 Å². The van der Waals surface area contributed by atoms with Crippen LogP contribution in [0.4, 0.5) is 0 Å². The zero-order chi connectivity index (χ0) is 16.5. The van der Waals surface area contributed by atoms with Gasteiger partial charge in [-0.1, -0.05) is 30.3 Å². The van der Waals surface area contributed by atoms with Crippen LogP contribution >= 0.6 is 0 Å². The summed E-state index contributed by atoms with van der Waals surface area (Å²) in [5, 5.41) is 8.79. The number of aromatic nitrogens is 3. The minimum atomic E-state index is 0.00627. The van der Waals surface area contributed by atoms with Gasteiger partial charge in [-0.05, 0) is 18.4 Å². The molecule has 2 aliphatic rings. The van der Waals surface area contributed by atoms with Crippen LogP contribution in [0.3, 0.4) is 0 Å². The van der Waals surface area contributed by atoms with E-state index in [0.717, 1.165) is 50.5 Å². The van der Waals surface area contributed by atoms with Crippen molar-refractivity contribution in [1.29, 1.82) is 0 Å². The molecule has 0 spiro atoms. The SMILES string of the molecule is CN1CCCC(N2CCn3c(Cc4ccccc4)nnc3C2)C1=O. The van der Waals surface area contributed by atoms with Crippen LogP contribution < -0.4 is 0 Å². The third kappa shape index (κ3) is 2.82. The summed E-state index contributed by atoms with van der Waals surface area (Å²) in [6.07, 6.45) is 2.84. The second kappa shape index (κ2) is 6.36. The number of fused-ring (bicyclic) bond motifs is 1. The molecule has 6 nitrogen and oxygen atoms in total. The molecular weight excluding hydrogens is 302 g/mol. The Bertz CT molecular complexity index is 726. The molecule has 126 valence electrons. The molecule has 1 aromatic heterocycles. The first-order valence-electron chi connectivity index (χ1n) is 8.66. The van der Waals surface area contributed by atoms with Crippen LogP contribution in [-0.2, 0) is 24.3 Å². The molecule has 2 aromatic rings. The van der Waals surface area contributed by atoms with Gasteiger partial charge in [-0.15, -0.1) is 10.2 Å². The molecule has 1 unspecified atom stereocenters. The molecule has 2 aliphatic heterocycles. The summed E-state index contributed by atoms with van der Waals surface area (Å²) in [6, 6.07) is 10.4. The minimum Gasteiger partial charge on any atom is -0.344 e. The molecule has 0 bridgehead atoms. The smallest absolute Gasteiger partial charge is 0.239 e. The number of hydrogen-bond acceptors (Lipinski definition) is 4. The Morgan fingerprint density at radius 2 is 1.96 bits per heavy atom. The lowest BCUT2D eigenvalue weighted by molar-refractivity contribution is -0.139. The number of carbonyl (C=O) groups excluding carboxylic acids is 1. The Morgan fingerprint density at radius 1 is 1.12 bits per heavy atom. The van der Waals surface area contributed by atoms with E-state index in [4.69, 9.17) is 0 Å². The van der Waals surface area contributed by atoms with Gasteiger partial charge in [0.25, 0.3) is 0 Å². The highest BCUT2D eigenvalue weighted by Crippen LogP contribution is 2.22. The van der Waals surface area contributed by atoms with Crippen LogP contribution in [0.1, 0.15) is 30.1 Å². The molecule has 1 aromatic carbocycles. The molecule has 1 saturated heterocycles. The molecular formula is C18H23N5O. The topological polar surface area (TPSA) is 54.3 Å². The summed E-state index contributed by atoms with van der Waals surface area (Å²) >= 11 is 0. The van der Waals surface area contributed by atoms with Gasteiger partial charge in [0, 0.05) is 33.1 Å². The number of piperidine rings is 1. The maximum Gasteiger partial charge on any atom is 0.239 e. The second-order valence-corrected chi connectivity index (χ2v) is 6.73. The molecule has 0 aliphatic carbocycles. The van der Waals surface area contributed by atoms with Crippen molar-refractivity contribution in [2.24, 2.45) is 0 Å². The Morgan fingerprint density at radius 3 is 2.79 bits per heavy atom. The van der Waals surface area contributed by atoms with Crippen molar-refractivity contribution in [3.05, 3.63) is 47.5 Å². The number of likely N-dealkylation sites (tertiary alicyclic amines) is 1. The van der Waals surface area contributed by atoms with E-state index in [1.807, 2.05) is 18.0 Å². The number of carbonyl (C=O) groups is 1. The third-order valence-corrected chi connectivity index (χ3v) is 5.14. The fourth-order valence-electron chi connectivity index (χ4n) is 3.76. The maximum absolute atomic E-state index is 12.4. The number of benzene rings is 1. The van der Waals surface area contributed by atoms with Gasteiger partial charge in [0.2, 0.25) is 5.91 Å². The molecule has 1 fully saturated rings. The Hall–Kier alpha value is -2.21. The third-order valence-electron chi connectivity index (χ3n) is 5.14. The summed E-state index contributed by atoms with van der Waals surface area (Å²) in [5.74, 6) is 2.25. The highest BCUT2D eigenvalue weighted by molar-refractivity contribution is 5.82. The predicted molar refractivity (Wildman–Crippen MR) is 90.3 cm³/mol. The largest absolute Gasteiger partial charge is 0.344 e. The van der Waals surface area contributed by atoms with Crippen LogP contribution in [0, 0.1) is 0 Å². The zero-order valence-electron chi connectivity index (χ0n) is 14.1. The quantitative estimate of drug-likeness (QED) is 0.854. The molecule has 4 rings (SSSR count). The molecule has 0 N–H and O–H groups in total. The highest BCUT2D eigenvalue weighted by Gasteiger charge is 2.34. The van der Waals surface area contributed by atoms with Crippen molar-refractivity contribution in [2.45, 2.75) is 38.4 Å². The standard InChI is InChI=1S/C18H23N5O/c1-21-9-5-8-15(18(21)24)22-10-11-23-16(19-20-17(23)13-22)12-14-6-3-2-4-7-14/h2-4,6-7,15H,5,8-13H2,1H3. The molecule has 6 heteroatoms. The van der Waals surface area contributed by atoms with E-state index in [0.29, 0.717) is 6.54 Å². The summed E-state index contributed by atoms with van der Waals surface area (Å²) in [6.45, 7) is 3.34. The van der Waals surface area contributed by atoms with Crippen molar-refractivity contribution in [1.82, 2.24) is 24.6 Å². The monoisotopic (exact) mass is 325 g/mol. The van der Waals surface area contributed by atoms with Gasteiger partial charge in [-0.25, -0.2) is 0 Å². The Labute approximate surface area is 142 Å². The highest BCUT2D eigenvalue weighted by atomic mass is 16.2. The lowest BCUT2D eigenvalue weighted by Gasteiger charge is -2.38. The lowest BCUT2D eigenvalue weighted by Crippen LogP contribution is -2.52. The van der Waals surface area contributed by atoms with Crippen LogP contribution in [0.2, 0.25) is 0 Å². The van der Waals surface area contributed by atoms with Gasteiger partial charge in [0.05, 0.1) is 12.6 Å². The van der Waals surface area contributed by atoms with Gasteiger partial charge in [0.1, 0.15) is 11.6 Å². The first-order valence-corrected chi connectivity index (χ1v) is 8.66. The molecule has 3 heterocycles. The van der Waals surface area contributed by atoms with Crippen molar-refractivity contribution in [3.8, 4) is 0 Å². The van der Waals surface area contributed by atoms with E-state index in [9.17, 15) is 4.79 Å². The summed E-state index contributed by atoms with van der Waals surface area (Å²) in [5.41, 5.74) is 1.25. The first kappa shape index (κ1) is 15.3. The molecule has 0 radical (unpaired) electrons. The van der Waals surface area contributed by atoms with Crippen LogP contribution in [-0.4, -0.2) is 56.7 Å². The van der Waals surface area contributed by atoms with E-state index >= 15 is 0 Å². The molecule has 1 atom stereocenters. The van der Waals surface area contributed by atoms with E-state index in [1.54, 1.807) is 0 Å². The van der Waals surface area contributed by atoms with Crippen LogP contribution in [0.25, 0.3) is 0 Å². The minimum absolute atomic E-state index is 0.00627. The number of hydrogen-bond donors (Lipinski definition) is 0. The van der Waals surface area contributed by atoms with Gasteiger partial charge in [0.15, 0.2) is 0 Å². The van der Waals surface area contributed by atoms with Crippen molar-refractivity contribution in [2.75, 3.05) is 20.1 Å². The van der Waals surface area contributed by atoms with E-state index in [2.05, 4.69) is 43.9 Å². The summed E-state index contributed by atoms with van der Waals surface area (Å²) in [7, 11) is 1.90. The first-order chi connectivity index (χ1) is 11.7. The summed E-state index contributed by atoms with van der Waals surface area (Å²) < 4.78 is 2.22. The fraction of sp³-hybridized carbons (Fsp3) is 0.500. The number of rotatable bonds is 3. The van der Waals surface area contributed by atoms with Gasteiger partial charge < -0.3 is 9.47 Å². The molecule has 24 heavy (non-hydrogen) atoms. The number of nitrogens with zero attached hydrogens (tertiary/aromatic N) is 5. The number of amides is 1. The predicted octanol–water partition coefficient (Wildman–Crippen LogP) is 1.31. The molecule has 1 amide bonds. The number of likely N-dealkylation sites (N-methyl/N-ethyl adjacent to an activating group) is 1. The van der Waals surface area contributed by atoms with Crippen molar-refractivity contribution >= 4 is 5.91 Å². The second-order valence-electron chi connectivity index (χ2n) is 6.73. The van der Waals surface area contributed by atoms with E-state index < -0.39 is 0 Å². The van der Waals surface area contributed by atoms with Gasteiger partial charge in [-0.2, -0.15) is 0 Å². The van der Waals surface area contributed by atoms with E-state index in [1.165, 1.54) is 5.56 Å². The van der Waals surface area contributed by atoms with Crippen molar-refractivity contribution < 1.29 is 4.79 Å².